The van der Waals surface area contributed by atoms with E-state index < -0.39 is 12.1 Å². The molecule has 1 saturated carbocycles. The van der Waals surface area contributed by atoms with Gasteiger partial charge in [-0.25, -0.2) is 4.79 Å². The maximum absolute atomic E-state index is 12.0. The molecule has 0 radical (unpaired) electrons. The Balaban J connectivity index is 1.80. The van der Waals surface area contributed by atoms with Gasteiger partial charge in [0.05, 0.1) is 7.11 Å². The summed E-state index contributed by atoms with van der Waals surface area (Å²) in [7, 11) is 1.60. The van der Waals surface area contributed by atoms with Crippen molar-refractivity contribution in [3.05, 3.63) is 35.9 Å². The van der Waals surface area contributed by atoms with Crippen LogP contribution in [-0.2, 0) is 14.3 Å². The van der Waals surface area contributed by atoms with Crippen LogP contribution < -0.4 is 10.1 Å². The van der Waals surface area contributed by atoms with Gasteiger partial charge in [-0.2, -0.15) is 0 Å². The molecule has 0 spiro atoms. The summed E-state index contributed by atoms with van der Waals surface area (Å²) < 4.78 is 10.2. The van der Waals surface area contributed by atoms with Gasteiger partial charge in [-0.1, -0.05) is 25.0 Å². The van der Waals surface area contributed by atoms with Gasteiger partial charge >= 0.3 is 5.97 Å². The molecule has 0 aromatic heterocycles. The molecule has 124 valence electrons. The molecule has 5 nitrogen and oxygen atoms in total. The van der Waals surface area contributed by atoms with E-state index in [1.54, 1.807) is 20.1 Å². The van der Waals surface area contributed by atoms with Crippen molar-refractivity contribution in [2.75, 3.05) is 7.11 Å². The lowest BCUT2D eigenvalue weighted by Gasteiger charge is -2.16. The fraction of sp³-hybridized carbons (Fsp3) is 0.444. The van der Waals surface area contributed by atoms with E-state index in [0.717, 1.165) is 37.0 Å². The van der Waals surface area contributed by atoms with Crippen molar-refractivity contribution in [3.63, 3.8) is 0 Å². The van der Waals surface area contributed by atoms with Gasteiger partial charge in [0.1, 0.15) is 5.75 Å². The second kappa shape index (κ2) is 8.36. The normalized spacial score (nSPS) is 16.3. The molecule has 1 aromatic rings. The molecular formula is C18H23NO4. The van der Waals surface area contributed by atoms with Crippen LogP contribution in [0.5, 0.6) is 5.75 Å². The average Bonchev–Trinajstić information content (AvgIpc) is 3.06. The highest BCUT2D eigenvalue weighted by Gasteiger charge is 2.22. The van der Waals surface area contributed by atoms with Crippen molar-refractivity contribution >= 4 is 18.0 Å². The van der Waals surface area contributed by atoms with Crippen LogP contribution in [0.15, 0.2) is 30.3 Å². The van der Waals surface area contributed by atoms with E-state index in [1.807, 2.05) is 24.3 Å². The van der Waals surface area contributed by atoms with Gasteiger partial charge in [0.15, 0.2) is 6.10 Å². The van der Waals surface area contributed by atoms with Crippen LogP contribution in [0.25, 0.3) is 6.08 Å². The molecule has 0 aliphatic heterocycles. The number of hydrogen-bond donors (Lipinski definition) is 1. The smallest absolute Gasteiger partial charge is 0.331 e. The van der Waals surface area contributed by atoms with E-state index in [9.17, 15) is 9.59 Å². The van der Waals surface area contributed by atoms with Crippen LogP contribution in [-0.4, -0.2) is 31.1 Å². The number of carbonyl (C=O) groups excluding carboxylic acids is 2. The first-order valence-electron chi connectivity index (χ1n) is 7.91. The minimum absolute atomic E-state index is 0.221. The number of rotatable bonds is 6. The maximum Gasteiger partial charge on any atom is 0.331 e. The van der Waals surface area contributed by atoms with Crippen molar-refractivity contribution in [2.24, 2.45) is 0 Å². The Morgan fingerprint density at radius 1 is 1.22 bits per heavy atom. The Kier molecular flexibility index (Phi) is 6.20. The first kappa shape index (κ1) is 17.1. The highest BCUT2D eigenvalue weighted by atomic mass is 16.5. The molecule has 0 saturated heterocycles. The fourth-order valence-corrected chi connectivity index (χ4v) is 2.54. The van der Waals surface area contributed by atoms with Gasteiger partial charge in [0, 0.05) is 12.1 Å². The molecule has 2 rings (SSSR count). The fourth-order valence-electron chi connectivity index (χ4n) is 2.54. The van der Waals surface area contributed by atoms with Gasteiger partial charge in [0.25, 0.3) is 5.91 Å². The summed E-state index contributed by atoms with van der Waals surface area (Å²) >= 11 is 0. The second-order valence-corrected chi connectivity index (χ2v) is 5.68. The summed E-state index contributed by atoms with van der Waals surface area (Å²) in [6.45, 7) is 1.59. The Morgan fingerprint density at radius 3 is 2.48 bits per heavy atom. The number of esters is 1. The standard InChI is InChI=1S/C18H23NO4/c1-13(18(21)19-15-5-3-4-6-15)23-17(20)12-9-14-7-10-16(22-2)11-8-14/h7-13,15H,3-6H2,1-2H3,(H,19,21)/b12-9+/t13-/m1/s1. The minimum Gasteiger partial charge on any atom is -0.497 e. The zero-order chi connectivity index (χ0) is 16.7. The lowest BCUT2D eigenvalue weighted by Crippen LogP contribution is -2.40. The Morgan fingerprint density at radius 2 is 1.87 bits per heavy atom. The van der Waals surface area contributed by atoms with Gasteiger partial charge < -0.3 is 14.8 Å². The minimum atomic E-state index is -0.788. The highest BCUT2D eigenvalue weighted by molar-refractivity contribution is 5.90. The molecule has 1 atom stereocenters. The van der Waals surface area contributed by atoms with Gasteiger partial charge in [-0.05, 0) is 43.5 Å². The summed E-state index contributed by atoms with van der Waals surface area (Å²) in [4.78, 5) is 23.7. The van der Waals surface area contributed by atoms with Crippen molar-refractivity contribution < 1.29 is 19.1 Å². The molecule has 1 aromatic carbocycles. The van der Waals surface area contributed by atoms with Crippen LogP contribution in [0.1, 0.15) is 38.2 Å². The van der Waals surface area contributed by atoms with E-state index in [4.69, 9.17) is 9.47 Å². The monoisotopic (exact) mass is 317 g/mol. The molecule has 5 heteroatoms. The average molecular weight is 317 g/mol. The number of hydrogen-bond acceptors (Lipinski definition) is 4. The Labute approximate surface area is 136 Å². The Bertz CT molecular complexity index is 559. The number of nitrogens with one attached hydrogen (secondary N) is 1. The van der Waals surface area contributed by atoms with Crippen LogP contribution >= 0.6 is 0 Å². The molecule has 0 unspecified atom stereocenters. The third-order valence-electron chi connectivity index (χ3n) is 3.89. The molecular weight excluding hydrogens is 294 g/mol. The van der Waals surface area contributed by atoms with Crippen molar-refractivity contribution in [1.82, 2.24) is 5.32 Å². The molecule has 0 heterocycles. The third kappa shape index (κ3) is 5.43. The van der Waals surface area contributed by atoms with Gasteiger partial charge in [-0.3, -0.25) is 4.79 Å². The number of amides is 1. The SMILES string of the molecule is COc1ccc(/C=C/C(=O)O[C@H](C)C(=O)NC2CCCC2)cc1. The lowest BCUT2D eigenvalue weighted by atomic mass is 10.2. The summed E-state index contributed by atoms with van der Waals surface area (Å²) in [5.74, 6) is -0.0140. The molecule has 23 heavy (non-hydrogen) atoms. The van der Waals surface area contributed by atoms with Crippen LogP contribution in [0.3, 0.4) is 0 Å². The number of benzene rings is 1. The summed E-state index contributed by atoms with van der Waals surface area (Å²) in [5.41, 5.74) is 0.853. The summed E-state index contributed by atoms with van der Waals surface area (Å²) in [6.07, 6.45) is 6.47. The molecule has 1 fully saturated rings. The highest BCUT2D eigenvalue weighted by Crippen LogP contribution is 2.17. The number of carbonyl (C=O) groups is 2. The lowest BCUT2D eigenvalue weighted by molar-refractivity contribution is -0.150. The van der Waals surface area contributed by atoms with E-state index in [-0.39, 0.29) is 11.9 Å². The zero-order valence-corrected chi connectivity index (χ0v) is 13.6. The topological polar surface area (TPSA) is 64.6 Å². The number of methoxy groups -OCH3 is 1. The quantitative estimate of drug-likeness (QED) is 0.647. The molecule has 1 amide bonds. The van der Waals surface area contributed by atoms with Crippen LogP contribution in [0.4, 0.5) is 0 Å². The number of ether oxygens (including phenoxy) is 2. The van der Waals surface area contributed by atoms with E-state index in [1.165, 1.54) is 6.08 Å². The summed E-state index contributed by atoms with van der Waals surface area (Å²) in [5, 5.41) is 2.92. The molecule has 1 N–H and O–H groups in total. The molecule has 0 bridgehead atoms. The first-order valence-corrected chi connectivity index (χ1v) is 7.91. The van der Waals surface area contributed by atoms with Crippen LogP contribution in [0, 0.1) is 0 Å². The molecule has 1 aliphatic rings. The van der Waals surface area contributed by atoms with E-state index in [2.05, 4.69) is 5.32 Å². The Hall–Kier alpha value is -2.30. The predicted molar refractivity (Wildman–Crippen MR) is 88.0 cm³/mol. The third-order valence-corrected chi connectivity index (χ3v) is 3.89. The summed E-state index contributed by atoms with van der Waals surface area (Å²) in [6, 6.07) is 7.50. The van der Waals surface area contributed by atoms with Crippen molar-refractivity contribution in [1.29, 1.82) is 0 Å². The van der Waals surface area contributed by atoms with Crippen molar-refractivity contribution in [3.8, 4) is 5.75 Å². The predicted octanol–water partition coefficient (Wildman–Crippen LogP) is 2.70. The van der Waals surface area contributed by atoms with Crippen molar-refractivity contribution in [2.45, 2.75) is 44.8 Å². The van der Waals surface area contributed by atoms with Gasteiger partial charge in [0.2, 0.25) is 0 Å². The maximum atomic E-state index is 12.0. The van der Waals surface area contributed by atoms with E-state index >= 15 is 0 Å². The van der Waals surface area contributed by atoms with Crippen LogP contribution in [0.2, 0.25) is 0 Å². The first-order chi connectivity index (χ1) is 11.1. The zero-order valence-electron chi connectivity index (χ0n) is 13.6. The van der Waals surface area contributed by atoms with Gasteiger partial charge in [-0.15, -0.1) is 0 Å². The largest absolute Gasteiger partial charge is 0.497 e. The second-order valence-electron chi connectivity index (χ2n) is 5.68. The molecule has 1 aliphatic carbocycles. The van der Waals surface area contributed by atoms with E-state index in [0.29, 0.717) is 0 Å².